The molecule has 0 unspecified atom stereocenters. The maximum absolute atomic E-state index is 12.5. The Kier molecular flexibility index (Phi) is 4.91. The number of phenolic OH excluding ortho intramolecular Hbond substituents is 1. The van der Waals surface area contributed by atoms with Crippen LogP contribution in [0.25, 0.3) is 10.8 Å². The first-order valence-corrected chi connectivity index (χ1v) is 8.73. The first kappa shape index (κ1) is 17.2. The molecule has 7 heteroatoms. The van der Waals surface area contributed by atoms with Crippen molar-refractivity contribution in [2.45, 2.75) is 31.2 Å². The summed E-state index contributed by atoms with van der Waals surface area (Å²) < 4.78 is 27.0. The maximum Gasteiger partial charge on any atom is 0.264 e. The highest BCUT2D eigenvalue weighted by Gasteiger charge is 2.24. The Morgan fingerprint density at radius 1 is 1.17 bits per heavy atom. The number of sulfonamides is 1. The molecule has 6 nitrogen and oxygen atoms in total. The molecule has 1 atom stereocenters. The summed E-state index contributed by atoms with van der Waals surface area (Å²) in [6.45, 7) is 3.80. The molecule has 0 aromatic heterocycles. The Morgan fingerprint density at radius 2 is 1.78 bits per heavy atom. The topological polar surface area (TPSA) is 109 Å². The van der Waals surface area contributed by atoms with E-state index in [0.717, 1.165) is 0 Å². The van der Waals surface area contributed by atoms with E-state index in [2.05, 4.69) is 0 Å². The molecule has 0 aliphatic rings. The van der Waals surface area contributed by atoms with E-state index in [1.54, 1.807) is 24.3 Å². The van der Waals surface area contributed by atoms with Crippen molar-refractivity contribution in [3.05, 3.63) is 36.4 Å². The number of fused-ring (bicyclic) bond motifs is 1. The normalized spacial score (nSPS) is 13.2. The highest BCUT2D eigenvalue weighted by Crippen LogP contribution is 2.29. The van der Waals surface area contributed by atoms with Gasteiger partial charge in [0.25, 0.3) is 15.9 Å². The summed E-state index contributed by atoms with van der Waals surface area (Å²) in [6.07, 6.45) is 0.387. The Balaban J connectivity index is 2.38. The number of carbonyl (C=O) groups excluding carboxylic acids is 1. The number of phenols is 1. The molecule has 0 aliphatic carbocycles. The molecule has 0 radical (unpaired) electrons. The predicted molar refractivity (Wildman–Crippen MR) is 88.4 cm³/mol. The van der Waals surface area contributed by atoms with Crippen LogP contribution in [-0.2, 0) is 14.8 Å². The van der Waals surface area contributed by atoms with Crippen molar-refractivity contribution in [2.24, 2.45) is 11.7 Å². The fraction of sp³-hybridized carbons (Fsp3) is 0.312. The van der Waals surface area contributed by atoms with Crippen molar-refractivity contribution in [2.75, 3.05) is 0 Å². The second-order valence-corrected chi connectivity index (χ2v) is 7.49. The van der Waals surface area contributed by atoms with Gasteiger partial charge in [0.2, 0.25) is 0 Å². The third-order valence-corrected chi connectivity index (χ3v) is 4.85. The molecular formula is C16H20N2O4S. The number of hydrogen-bond donors (Lipinski definition) is 3. The van der Waals surface area contributed by atoms with Gasteiger partial charge in [-0.2, -0.15) is 0 Å². The first-order chi connectivity index (χ1) is 10.7. The molecule has 2 aromatic rings. The lowest BCUT2D eigenvalue weighted by Crippen LogP contribution is -2.44. The summed E-state index contributed by atoms with van der Waals surface area (Å²) in [5, 5.41) is 10.6. The minimum Gasteiger partial charge on any atom is -0.507 e. The van der Waals surface area contributed by atoms with Crippen LogP contribution in [0.2, 0.25) is 0 Å². The van der Waals surface area contributed by atoms with Gasteiger partial charge in [-0.3, -0.25) is 4.79 Å². The number of amides is 1. The summed E-state index contributed by atoms with van der Waals surface area (Å²) in [6, 6.07) is 8.19. The molecule has 0 aliphatic heterocycles. The average Bonchev–Trinajstić information content (AvgIpc) is 2.46. The van der Waals surface area contributed by atoms with Gasteiger partial charge in [0, 0.05) is 10.8 Å². The predicted octanol–water partition coefficient (Wildman–Crippen LogP) is 1.72. The monoisotopic (exact) mass is 336 g/mol. The van der Waals surface area contributed by atoms with Crippen LogP contribution in [0.4, 0.5) is 0 Å². The highest BCUT2D eigenvalue weighted by molar-refractivity contribution is 7.90. The third kappa shape index (κ3) is 3.80. The van der Waals surface area contributed by atoms with Crippen molar-refractivity contribution in [3.8, 4) is 5.75 Å². The van der Waals surface area contributed by atoms with Crippen LogP contribution in [0.1, 0.15) is 20.3 Å². The third-order valence-electron chi connectivity index (χ3n) is 3.45. The Labute approximate surface area is 135 Å². The average molecular weight is 336 g/mol. The first-order valence-electron chi connectivity index (χ1n) is 7.25. The second-order valence-electron chi connectivity index (χ2n) is 5.83. The van der Waals surface area contributed by atoms with Gasteiger partial charge in [-0.1, -0.05) is 38.1 Å². The zero-order valence-electron chi connectivity index (χ0n) is 13.0. The van der Waals surface area contributed by atoms with Gasteiger partial charge in [0.05, 0.1) is 10.9 Å². The Hall–Kier alpha value is -2.12. The quantitative estimate of drug-likeness (QED) is 0.770. The Bertz CT molecular complexity index is 831. The zero-order valence-corrected chi connectivity index (χ0v) is 13.8. The van der Waals surface area contributed by atoms with Crippen LogP contribution in [0.5, 0.6) is 5.75 Å². The smallest absolute Gasteiger partial charge is 0.264 e. The van der Waals surface area contributed by atoms with E-state index in [4.69, 9.17) is 5.73 Å². The van der Waals surface area contributed by atoms with Crippen LogP contribution < -0.4 is 10.5 Å². The lowest BCUT2D eigenvalue weighted by molar-refractivity contribution is -0.120. The van der Waals surface area contributed by atoms with E-state index < -0.39 is 22.0 Å². The lowest BCUT2D eigenvalue weighted by Gasteiger charge is -2.15. The summed E-state index contributed by atoms with van der Waals surface area (Å²) >= 11 is 0. The van der Waals surface area contributed by atoms with E-state index in [1.807, 2.05) is 18.6 Å². The zero-order chi connectivity index (χ0) is 17.2. The fourth-order valence-electron chi connectivity index (χ4n) is 2.37. The van der Waals surface area contributed by atoms with Crippen LogP contribution in [0.3, 0.4) is 0 Å². The molecule has 23 heavy (non-hydrogen) atoms. The van der Waals surface area contributed by atoms with Crippen LogP contribution in [0, 0.1) is 5.92 Å². The van der Waals surface area contributed by atoms with Crippen molar-refractivity contribution >= 4 is 26.7 Å². The minimum absolute atomic E-state index is 0.0256. The number of nitrogens with two attached hydrogens (primary N) is 1. The molecule has 2 rings (SSSR count). The maximum atomic E-state index is 12.5. The number of aromatic hydroxyl groups is 1. The van der Waals surface area contributed by atoms with Gasteiger partial charge in [0.15, 0.2) is 0 Å². The number of rotatable bonds is 5. The number of benzene rings is 2. The number of carbonyl (C=O) groups is 1. The molecule has 1 amide bonds. The molecule has 4 N–H and O–H groups in total. The van der Waals surface area contributed by atoms with Crippen LogP contribution >= 0.6 is 0 Å². The number of hydrogen-bond acceptors (Lipinski definition) is 5. The van der Waals surface area contributed by atoms with E-state index in [1.165, 1.54) is 12.1 Å². The molecule has 0 saturated carbocycles. The summed E-state index contributed by atoms with van der Waals surface area (Å²) in [4.78, 5) is 11.9. The van der Waals surface area contributed by atoms with Crippen LogP contribution in [-0.4, -0.2) is 25.5 Å². The molecule has 0 saturated heterocycles. The summed E-state index contributed by atoms with van der Waals surface area (Å²) in [5.74, 6) is -0.591. The van der Waals surface area contributed by atoms with Crippen molar-refractivity contribution in [3.63, 3.8) is 0 Å². The molecule has 0 bridgehead atoms. The minimum atomic E-state index is -4.07. The van der Waals surface area contributed by atoms with Gasteiger partial charge < -0.3 is 10.8 Å². The fourth-order valence-corrected chi connectivity index (χ4v) is 3.61. The van der Waals surface area contributed by atoms with Crippen molar-refractivity contribution in [1.29, 1.82) is 0 Å². The van der Waals surface area contributed by atoms with Crippen LogP contribution in [0.15, 0.2) is 41.3 Å². The van der Waals surface area contributed by atoms with Gasteiger partial charge in [-0.15, -0.1) is 0 Å². The van der Waals surface area contributed by atoms with E-state index in [9.17, 15) is 18.3 Å². The van der Waals surface area contributed by atoms with E-state index in [-0.39, 0.29) is 16.6 Å². The van der Waals surface area contributed by atoms with Gasteiger partial charge in [-0.05, 0) is 24.5 Å². The summed E-state index contributed by atoms with van der Waals surface area (Å²) in [5.41, 5.74) is 5.72. The molecule has 0 heterocycles. The molecule has 2 aromatic carbocycles. The second kappa shape index (κ2) is 6.55. The summed E-state index contributed by atoms with van der Waals surface area (Å²) in [7, 11) is -4.07. The standard InChI is InChI=1S/C16H20N2O4S/c1-10(2)9-13(17)16(20)18-23(21,22)15-8-7-14(19)11-5-3-4-6-12(11)15/h3-8,10,13,19H,9,17H2,1-2H3,(H,18,20)/t13-/m0/s1. The lowest BCUT2D eigenvalue weighted by atomic mass is 10.0. The van der Waals surface area contributed by atoms with Crippen molar-refractivity contribution in [1.82, 2.24) is 4.72 Å². The molecular weight excluding hydrogens is 316 g/mol. The SMILES string of the molecule is CC(C)C[C@H](N)C(=O)NS(=O)(=O)c1ccc(O)c2ccccc12. The van der Waals surface area contributed by atoms with Gasteiger partial charge >= 0.3 is 0 Å². The molecule has 0 spiro atoms. The Morgan fingerprint density at radius 3 is 2.39 bits per heavy atom. The van der Waals surface area contributed by atoms with E-state index >= 15 is 0 Å². The molecule has 0 fully saturated rings. The number of nitrogens with one attached hydrogen (secondary N) is 1. The van der Waals surface area contributed by atoms with Crippen molar-refractivity contribution < 1.29 is 18.3 Å². The molecule has 124 valence electrons. The van der Waals surface area contributed by atoms with Gasteiger partial charge in [-0.25, -0.2) is 13.1 Å². The van der Waals surface area contributed by atoms with E-state index in [0.29, 0.717) is 17.2 Å². The largest absolute Gasteiger partial charge is 0.507 e. The highest BCUT2D eigenvalue weighted by atomic mass is 32.2. The van der Waals surface area contributed by atoms with Gasteiger partial charge in [0.1, 0.15) is 5.75 Å².